The van der Waals surface area contributed by atoms with E-state index in [-0.39, 0.29) is 42.5 Å². The smallest absolute Gasteiger partial charge is 1.00 e. The maximum atomic E-state index is 8.65. The molecule has 3 rings (SSSR count). The van der Waals surface area contributed by atoms with E-state index < -0.39 is 0 Å². The second-order valence-electron chi connectivity index (χ2n) is 4.98. The van der Waals surface area contributed by atoms with E-state index in [9.17, 15) is 0 Å². The maximum Gasteiger partial charge on any atom is 1.00 e. The van der Waals surface area contributed by atoms with Crippen molar-refractivity contribution in [2.75, 3.05) is 0 Å². The SMILES string of the molecule is Oc1ccc(O)cc1.[H-].[Na+].c1ccc(COCc2ccccc2)cc1. The number of aromatic hydroxyl groups is 2. The summed E-state index contributed by atoms with van der Waals surface area (Å²) in [4.78, 5) is 0. The van der Waals surface area contributed by atoms with Crippen molar-refractivity contribution in [1.29, 1.82) is 0 Å². The third kappa shape index (κ3) is 8.18. The standard InChI is InChI=1S/C14H14O.C6H6O2.Na.H/c1-3-7-13(8-4-1)11-15-12-14-9-5-2-6-10-14;7-5-1-2-6(8)4-3-5;;/h1-10H,11-12H2;1-4,7-8H;;/q;;+1;-1. The van der Waals surface area contributed by atoms with Crippen LogP contribution in [0.4, 0.5) is 0 Å². The van der Waals surface area contributed by atoms with Crippen molar-refractivity contribution in [3.63, 3.8) is 0 Å². The summed E-state index contributed by atoms with van der Waals surface area (Å²) >= 11 is 0. The monoisotopic (exact) mass is 332 g/mol. The zero-order valence-electron chi connectivity index (χ0n) is 14.8. The molecule has 0 bridgehead atoms. The third-order valence-electron chi connectivity index (χ3n) is 3.07. The van der Waals surface area contributed by atoms with Gasteiger partial charge in [-0.2, -0.15) is 0 Å². The van der Waals surface area contributed by atoms with Gasteiger partial charge >= 0.3 is 29.6 Å². The first-order chi connectivity index (χ1) is 11.2. The molecule has 24 heavy (non-hydrogen) atoms. The molecule has 0 aliphatic rings. The predicted octanol–water partition coefficient (Wildman–Crippen LogP) is 1.62. The molecule has 0 radical (unpaired) electrons. The molecule has 3 aromatic rings. The molecule has 0 amide bonds. The molecule has 3 aromatic carbocycles. The van der Waals surface area contributed by atoms with Crippen LogP contribution in [0.15, 0.2) is 84.9 Å². The van der Waals surface area contributed by atoms with Crippen molar-refractivity contribution >= 4 is 0 Å². The van der Waals surface area contributed by atoms with Gasteiger partial charge in [0, 0.05) is 0 Å². The minimum absolute atomic E-state index is 0. The summed E-state index contributed by atoms with van der Waals surface area (Å²) in [6.45, 7) is 1.35. The van der Waals surface area contributed by atoms with Crippen LogP contribution >= 0.6 is 0 Å². The Hall–Kier alpha value is -1.78. The van der Waals surface area contributed by atoms with Gasteiger partial charge in [-0.1, -0.05) is 60.7 Å². The van der Waals surface area contributed by atoms with Crippen molar-refractivity contribution in [2.24, 2.45) is 0 Å². The molecule has 0 aliphatic heterocycles. The van der Waals surface area contributed by atoms with Crippen molar-refractivity contribution in [2.45, 2.75) is 13.2 Å². The Bertz CT molecular complexity index is 616. The van der Waals surface area contributed by atoms with Crippen molar-refractivity contribution in [1.82, 2.24) is 0 Å². The molecule has 2 N–H and O–H groups in total. The summed E-state index contributed by atoms with van der Waals surface area (Å²) in [6.07, 6.45) is 0. The Kier molecular flexibility index (Phi) is 9.89. The molecule has 0 saturated carbocycles. The molecule has 0 atom stereocenters. The van der Waals surface area contributed by atoms with Gasteiger partial charge < -0.3 is 16.4 Å². The molecule has 0 spiro atoms. The average Bonchev–Trinajstić information content (AvgIpc) is 2.60. The fourth-order valence-corrected chi connectivity index (χ4v) is 1.89. The van der Waals surface area contributed by atoms with Gasteiger partial charge in [0.25, 0.3) is 0 Å². The Morgan fingerprint density at radius 2 is 0.917 bits per heavy atom. The van der Waals surface area contributed by atoms with Crippen LogP contribution in [-0.2, 0) is 18.0 Å². The molecule has 3 nitrogen and oxygen atoms in total. The van der Waals surface area contributed by atoms with E-state index in [2.05, 4.69) is 24.3 Å². The molecule has 0 unspecified atom stereocenters. The second kappa shape index (κ2) is 11.7. The van der Waals surface area contributed by atoms with Crippen molar-refractivity contribution in [3.8, 4) is 11.5 Å². The Labute approximate surface area is 166 Å². The third-order valence-corrected chi connectivity index (χ3v) is 3.07. The molecule has 4 heteroatoms. The summed E-state index contributed by atoms with van der Waals surface area (Å²) in [6, 6.07) is 26.1. The topological polar surface area (TPSA) is 49.7 Å². The zero-order valence-corrected chi connectivity index (χ0v) is 15.8. The van der Waals surface area contributed by atoms with Crippen LogP contribution in [0.5, 0.6) is 11.5 Å². The van der Waals surface area contributed by atoms with E-state index in [4.69, 9.17) is 14.9 Å². The van der Waals surface area contributed by atoms with Crippen LogP contribution in [0.1, 0.15) is 12.6 Å². The van der Waals surface area contributed by atoms with Gasteiger partial charge in [0.1, 0.15) is 11.5 Å². The summed E-state index contributed by atoms with van der Waals surface area (Å²) in [7, 11) is 0. The number of benzene rings is 3. The molecular weight excluding hydrogens is 311 g/mol. The summed E-state index contributed by atoms with van der Waals surface area (Å²) in [5.41, 5.74) is 2.43. The van der Waals surface area contributed by atoms with Crippen LogP contribution in [0.2, 0.25) is 0 Å². The minimum atomic E-state index is 0. The van der Waals surface area contributed by atoms with Crippen LogP contribution in [0.25, 0.3) is 0 Å². The van der Waals surface area contributed by atoms with Crippen molar-refractivity contribution < 1.29 is 45.9 Å². The van der Waals surface area contributed by atoms with Crippen LogP contribution < -0.4 is 29.6 Å². The minimum Gasteiger partial charge on any atom is -1.00 e. The average molecular weight is 332 g/mol. The maximum absolute atomic E-state index is 8.65. The number of ether oxygens (including phenoxy) is 1. The van der Waals surface area contributed by atoms with Gasteiger partial charge in [-0.05, 0) is 35.4 Å². The second-order valence-corrected chi connectivity index (χ2v) is 4.98. The molecule has 0 aliphatic carbocycles. The van der Waals surface area contributed by atoms with Crippen LogP contribution in [0.3, 0.4) is 0 Å². The van der Waals surface area contributed by atoms with E-state index in [0.29, 0.717) is 13.2 Å². The molecule has 0 aromatic heterocycles. The number of hydrogen-bond donors (Lipinski definition) is 2. The number of phenols is 2. The summed E-state index contributed by atoms with van der Waals surface area (Å²) in [5.74, 6) is 0.339. The van der Waals surface area contributed by atoms with Gasteiger partial charge in [-0.25, -0.2) is 0 Å². The van der Waals surface area contributed by atoms with E-state index in [0.717, 1.165) is 0 Å². The fraction of sp³-hybridized carbons (Fsp3) is 0.100. The number of phenolic OH excluding ortho intramolecular Hbond substituents is 2. The number of hydrogen-bond acceptors (Lipinski definition) is 3. The van der Waals surface area contributed by atoms with E-state index in [1.807, 2.05) is 36.4 Å². The normalized spacial score (nSPS) is 9.33. The van der Waals surface area contributed by atoms with Gasteiger partial charge in [0.15, 0.2) is 0 Å². The zero-order chi connectivity index (χ0) is 16.3. The molecule has 0 saturated heterocycles. The van der Waals surface area contributed by atoms with Crippen LogP contribution in [-0.4, -0.2) is 10.2 Å². The van der Waals surface area contributed by atoms with Gasteiger partial charge in [0.05, 0.1) is 13.2 Å². The van der Waals surface area contributed by atoms with Crippen molar-refractivity contribution in [3.05, 3.63) is 96.1 Å². The first-order valence-corrected chi connectivity index (χ1v) is 7.37. The number of rotatable bonds is 4. The molecule has 0 fully saturated rings. The molecule has 0 heterocycles. The Balaban J connectivity index is 0.000000497. The molecule has 120 valence electrons. The predicted molar refractivity (Wildman–Crippen MR) is 92.3 cm³/mol. The van der Waals surface area contributed by atoms with E-state index in [1.54, 1.807) is 0 Å². The summed E-state index contributed by atoms with van der Waals surface area (Å²) in [5, 5.41) is 17.3. The van der Waals surface area contributed by atoms with Gasteiger partial charge in [-0.15, -0.1) is 0 Å². The van der Waals surface area contributed by atoms with Gasteiger partial charge in [0.2, 0.25) is 0 Å². The van der Waals surface area contributed by atoms with E-state index >= 15 is 0 Å². The quantitative estimate of drug-likeness (QED) is 0.564. The summed E-state index contributed by atoms with van der Waals surface area (Å²) < 4.78 is 5.61. The van der Waals surface area contributed by atoms with E-state index in [1.165, 1.54) is 35.4 Å². The first-order valence-electron chi connectivity index (χ1n) is 7.37. The molecular formula is C20H21NaO3. The Morgan fingerprint density at radius 3 is 1.25 bits per heavy atom. The first kappa shape index (κ1) is 20.3. The van der Waals surface area contributed by atoms with Gasteiger partial charge in [-0.3, -0.25) is 0 Å². The largest absolute Gasteiger partial charge is 1.00 e. The fourth-order valence-electron chi connectivity index (χ4n) is 1.89. The Morgan fingerprint density at radius 1 is 0.583 bits per heavy atom. The van der Waals surface area contributed by atoms with Crippen LogP contribution in [0, 0.1) is 0 Å².